The molecule has 0 radical (unpaired) electrons. The van der Waals surface area contributed by atoms with E-state index in [2.05, 4.69) is 10.5 Å². The van der Waals surface area contributed by atoms with Crippen LogP contribution in [-0.2, 0) is 9.57 Å². The summed E-state index contributed by atoms with van der Waals surface area (Å²) in [5.74, 6) is 0. The first-order valence-corrected chi connectivity index (χ1v) is 6.72. The summed E-state index contributed by atoms with van der Waals surface area (Å²) in [5.41, 5.74) is 1.46. The molecule has 0 saturated carbocycles. The lowest BCUT2D eigenvalue weighted by Gasteiger charge is -2.21. The fraction of sp³-hybridized carbons (Fsp3) is 0.667. The van der Waals surface area contributed by atoms with Crippen LogP contribution in [0.2, 0.25) is 0 Å². The molecule has 1 aromatic rings. The average Bonchev–Trinajstić information content (AvgIpc) is 2.76. The third kappa shape index (κ3) is 3.39. The topological polar surface area (TPSA) is 126 Å². The first kappa shape index (κ1) is 15.9. The van der Waals surface area contributed by atoms with E-state index in [9.17, 15) is 19.8 Å². The maximum atomic E-state index is 11.8. The van der Waals surface area contributed by atoms with Crippen LogP contribution in [-0.4, -0.2) is 51.2 Å². The molecule has 0 bridgehead atoms. The summed E-state index contributed by atoms with van der Waals surface area (Å²) in [6.45, 7) is 2.09. The zero-order valence-electron chi connectivity index (χ0n) is 11.6. The third-order valence-electron chi connectivity index (χ3n) is 3.19. The van der Waals surface area contributed by atoms with Crippen LogP contribution in [0.5, 0.6) is 0 Å². The number of aromatic amines is 1. The van der Waals surface area contributed by atoms with Gasteiger partial charge in [0.05, 0.1) is 6.61 Å². The SMILES string of the molecule is CCCNO[C@@H]1[C@H](O)[C@@H](CO)O[C@H]1n1ccc(=O)[nH]c1=O. The number of nitrogens with one attached hydrogen (secondary N) is 2. The highest BCUT2D eigenvalue weighted by atomic mass is 16.7. The van der Waals surface area contributed by atoms with Crippen LogP contribution >= 0.6 is 0 Å². The number of aliphatic hydroxyl groups excluding tert-OH is 2. The van der Waals surface area contributed by atoms with Crippen molar-refractivity contribution in [3.8, 4) is 0 Å². The number of aliphatic hydroxyl groups is 2. The lowest BCUT2D eigenvalue weighted by Crippen LogP contribution is -2.42. The molecule has 0 unspecified atom stereocenters. The zero-order valence-corrected chi connectivity index (χ0v) is 11.6. The Bertz CT molecular complexity index is 571. The number of hydroxylamine groups is 1. The zero-order chi connectivity index (χ0) is 15.4. The van der Waals surface area contributed by atoms with Gasteiger partial charge in [0.1, 0.15) is 12.2 Å². The normalized spacial score (nSPS) is 28.9. The Balaban J connectivity index is 2.25. The Kier molecular flexibility index (Phi) is 5.26. The fourth-order valence-electron chi connectivity index (χ4n) is 2.10. The van der Waals surface area contributed by atoms with Gasteiger partial charge in [0.15, 0.2) is 12.3 Å². The summed E-state index contributed by atoms with van der Waals surface area (Å²) in [4.78, 5) is 30.4. The highest BCUT2D eigenvalue weighted by molar-refractivity contribution is 4.93. The molecule has 4 N–H and O–H groups in total. The minimum atomic E-state index is -1.11. The molecule has 0 aliphatic carbocycles. The summed E-state index contributed by atoms with van der Waals surface area (Å²) in [6, 6.07) is 1.17. The number of nitrogens with zero attached hydrogens (tertiary/aromatic N) is 1. The quantitative estimate of drug-likeness (QED) is 0.357. The lowest BCUT2D eigenvalue weighted by atomic mass is 10.1. The summed E-state index contributed by atoms with van der Waals surface area (Å²) < 4.78 is 6.56. The van der Waals surface area contributed by atoms with Crippen molar-refractivity contribution in [3.63, 3.8) is 0 Å². The van der Waals surface area contributed by atoms with Crippen LogP contribution in [0.3, 0.4) is 0 Å². The molecule has 0 amide bonds. The van der Waals surface area contributed by atoms with Crippen LogP contribution in [0, 0.1) is 0 Å². The van der Waals surface area contributed by atoms with Crippen molar-refractivity contribution in [2.45, 2.75) is 37.9 Å². The monoisotopic (exact) mass is 301 g/mol. The molecular weight excluding hydrogens is 282 g/mol. The van der Waals surface area contributed by atoms with Crippen molar-refractivity contribution < 1.29 is 19.8 Å². The number of H-pyrrole nitrogens is 1. The van der Waals surface area contributed by atoms with E-state index in [0.717, 1.165) is 11.0 Å². The van der Waals surface area contributed by atoms with Crippen molar-refractivity contribution >= 4 is 0 Å². The van der Waals surface area contributed by atoms with E-state index in [0.29, 0.717) is 6.54 Å². The molecule has 2 rings (SSSR count). The van der Waals surface area contributed by atoms with E-state index in [4.69, 9.17) is 9.57 Å². The maximum absolute atomic E-state index is 11.8. The second kappa shape index (κ2) is 6.96. The average molecular weight is 301 g/mol. The van der Waals surface area contributed by atoms with Crippen molar-refractivity contribution in [1.82, 2.24) is 15.0 Å². The molecule has 9 heteroatoms. The summed E-state index contributed by atoms with van der Waals surface area (Å²) in [6.07, 6.45) is -1.75. The van der Waals surface area contributed by atoms with Crippen molar-refractivity contribution in [1.29, 1.82) is 0 Å². The van der Waals surface area contributed by atoms with Gasteiger partial charge in [-0.15, -0.1) is 0 Å². The first-order valence-electron chi connectivity index (χ1n) is 6.72. The van der Waals surface area contributed by atoms with E-state index >= 15 is 0 Å². The fourth-order valence-corrected chi connectivity index (χ4v) is 2.10. The van der Waals surface area contributed by atoms with Gasteiger partial charge in [-0.2, -0.15) is 0 Å². The maximum Gasteiger partial charge on any atom is 0.330 e. The van der Waals surface area contributed by atoms with Gasteiger partial charge >= 0.3 is 5.69 Å². The number of ether oxygens (including phenoxy) is 1. The molecule has 2 heterocycles. The number of rotatable bonds is 6. The molecule has 0 spiro atoms. The van der Waals surface area contributed by atoms with Gasteiger partial charge in [-0.3, -0.25) is 19.2 Å². The molecule has 4 atom stereocenters. The Morgan fingerprint density at radius 1 is 1.52 bits per heavy atom. The largest absolute Gasteiger partial charge is 0.394 e. The van der Waals surface area contributed by atoms with E-state index in [-0.39, 0.29) is 0 Å². The van der Waals surface area contributed by atoms with Gasteiger partial charge in [0.25, 0.3) is 5.56 Å². The molecule has 1 aliphatic heterocycles. The summed E-state index contributed by atoms with van der Waals surface area (Å²) in [5, 5.41) is 19.3. The number of aromatic nitrogens is 2. The first-order chi connectivity index (χ1) is 10.1. The molecule has 1 saturated heterocycles. The van der Waals surface area contributed by atoms with E-state index < -0.39 is 42.4 Å². The Labute approximate surface area is 120 Å². The molecule has 1 aliphatic rings. The van der Waals surface area contributed by atoms with Gasteiger partial charge in [0.2, 0.25) is 0 Å². The predicted octanol–water partition coefficient (Wildman–Crippen LogP) is -1.91. The highest BCUT2D eigenvalue weighted by Gasteiger charge is 2.46. The molecular formula is C12H19N3O6. The smallest absolute Gasteiger partial charge is 0.330 e. The number of hydrogen-bond donors (Lipinski definition) is 4. The van der Waals surface area contributed by atoms with Crippen molar-refractivity contribution in [2.75, 3.05) is 13.2 Å². The van der Waals surface area contributed by atoms with Crippen molar-refractivity contribution in [2.24, 2.45) is 0 Å². The van der Waals surface area contributed by atoms with Crippen LogP contribution in [0.1, 0.15) is 19.6 Å². The van der Waals surface area contributed by atoms with Crippen LogP contribution < -0.4 is 16.7 Å². The highest BCUT2D eigenvalue weighted by Crippen LogP contribution is 2.29. The van der Waals surface area contributed by atoms with E-state index in [1.165, 1.54) is 12.3 Å². The van der Waals surface area contributed by atoms with E-state index in [1.807, 2.05) is 6.92 Å². The van der Waals surface area contributed by atoms with Crippen LogP contribution in [0.25, 0.3) is 0 Å². The van der Waals surface area contributed by atoms with E-state index in [1.54, 1.807) is 0 Å². The summed E-state index contributed by atoms with van der Waals surface area (Å²) in [7, 11) is 0. The molecule has 1 aromatic heterocycles. The Morgan fingerprint density at radius 2 is 2.29 bits per heavy atom. The minimum absolute atomic E-state index is 0.413. The van der Waals surface area contributed by atoms with Gasteiger partial charge in [-0.05, 0) is 6.42 Å². The van der Waals surface area contributed by atoms with Gasteiger partial charge < -0.3 is 14.9 Å². The van der Waals surface area contributed by atoms with Crippen LogP contribution in [0.15, 0.2) is 21.9 Å². The predicted molar refractivity (Wildman–Crippen MR) is 71.5 cm³/mol. The standard InChI is InChI=1S/C12H19N3O6/c1-2-4-13-21-10-9(18)7(6-16)20-11(10)15-5-3-8(17)14-12(15)19/h3,5,7,9-11,13,16,18H,2,4,6H2,1H3,(H,14,17,19)/t7-,9-,10-,11-/m1/s1. The van der Waals surface area contributed by atoms with Gasteiger partial charge in [-0.1, -0.05) is 6.92 Å². The molecule has 21 heavy (non-hydrogen) atoms. The third-order valence-corrected chi connectivity index (χ3v) is 3.19. The minimum Gasteiger partial charge on any atom is -0.394 e. The Hall–Kier alpha value is -1.52. The van der Waals surface area contributed by atoms with Gasteiger partial charge in [-0.25, -0.2) is 10.3 Å². The van der Waals surface area contributed by atoms with Crippen molar-refractivity contribution in [3.05, 3.63) is 33.1 Å². The summed E-state index contributed by atoms with van der Waals surface area (Å²) >= 11 is 0. The van der Waals surface area contributed by atoms with Crippen LogP contribution in [0.4, 0.5) is 0 Å². The Morgan fingerprint density at radius 3 is 2.90 bits per heavy atom. The lowest BCUT2D eigenvalue weighted by molar-refractivity contribution is -0.111. The number of hydrogen-bond acceptors (Lipinski definition) is 7. The molecule has 0 aromatic carbocycles. The van der Waals surface area contributed by atoms with Gasteiger partial charge in [0, 0.05) is 18.8 Å². The molecule has 1 fully saturated rings. The molecule has 118 valence electrons. The second-order valence-electron chi connectivity index (χ2n) is 4.73. The second-order valence-corrected chi connectivity index (χ2v) is 4.73. The molecule has 9 nitrogen and oxygen atoms in total.